The fourth-order valence-corrected chi connectivity index (χ4v) is 4.41. The summed E-state index contributed by atoms with van der Waals surface area (Å²) in [6.45, 7) is 4.06. The average molecular weight is 406 g/mol. The molecule has 0 unspecified atom stereocenters. The van der Waals surface area contributed by atoms with Crippen LogP contribution in [-0.2, 0) is 4.79 Å². The molecule has 5 nitrogen and oxygen atoms in total. The number of carbonyl (C=O) groups excluding carboxylic acids is 1. The van der Waals surface area contributed by atoms with E-state index < -0.39 is 0 Å². The van der Waals surface area contributed by atoms with Gasteiger partial charge < -0.3 is 10.3 Å². The van der Waals surface area contributed by atoms with E-state index in [2.05, 4.69) is 15.3 Å². The van der Waals surface area contributed by atoms with Crippen molar-refractivity contribution in [3.05, 3.63) is 45.8 Å². The van der Waals surface area contributed by atoms with E-state index in [0.29, 0.717) is 15.4 Å². The number of nitrogens with zero attached hydrogens (tertiary/aromatic N) is 1. The normalized spacial score (nSPS) is 11.3. The highest BCUT2D eigenvalue weighted by Gasteiger charge is 2.15. The number of carbonyl (C=O) groups is 1. The number of fused-ring (bicyclic) bond motifs is 1. The van der Waals surface area contributed by atoms with Crippen LogP contribution in [0.3, 0.4) is 0 Å². The van der Waals surface area contributed by atoms with E-state index in [1.165, 1.54) is 35.2 Å². The van der Waals surface area contributed by atoms with Crippen LogP contribution in [0.2, 0.25) is 0 Å². The van der Waals surface area contributed by atoms with Crippen LogP contribution in [0.25, 0.3) is 21.3 Å². The van der Waals surface area contributed by atoms with Gasteiger partial charge in [-0.25, -0.2) is 9.37 Å². The van der Waals surface area contributed by atoms with Gasteiger partial charge in [0.05, 0.1) is 11.1 Å². The molecule has 1 amide bonds. The van der Waals surface area contributed by atoms with Crippen molar-refractivity contribution in [3.8, 4) is 11.1 Å². The molecule has 0 bridgehead atoms. The number of aromatic nitrogens is 2. The highest BCUT2D eigenvalue weighted by molar-refractivity contribution is 7.99. The summed E-state index contributed by atoms with van der Waals surface area (Å²) in [7, 11) is 0. The predicted octanol–water partition coefficient (Wildman–Crippen LogP) is 4.19. The zero-order valence-corrected chi connectivity index (χ0v) is 16.7. The van der Waals surface area contributed by atoms with Crippen LogP contribution in [0.5, 0.6) is 0 Å². The third-order valence-electron chi connectivity index (χ3n) is 4.27. The third kappa shape index (κ3) is 4.56. The van der Waals surface area contributed by atoms with Crippen molar-refractivity contribution >= 4 is 39.2 Å². The average Bonchev–Trinajstić information content (AvgIpc) is 3.09. The standard InChI is InChI=1S/C19H20FN3O2S2/c1-3-13(4-2)21-15(24)10-27-19-22-17(25)16-14(9-26-18(16)23-19)11-5-7-12(20)8-6-11/h5-9,13H,3-4,10H2,1-2H3,(H,21,24)(H,22,23,25). The van der Waals surface area contributed by atoms with E-state index >= 15 is 0 Å². The molecule has 0 aliphatic rings. The molecule has 1 aromatic carbocycles. The maximum absolute atomic E-state index is 13.1. The van der Waals surface area contributed by atoms with Crippen molar-refractivity contribution in [1.82, 2.24) is 15.3 Å². The lowest BCUT2D eigenvalue weighted by Gasteiger charge is -2.14. The monoisotopic (exact) mass is 405 g/mol. The maximum Gasteiger partial charge on any atom is 0.260 e. The molecule has 2 N–H and O–H groups in total. The first kappa shape index (κ1) is 19.6. The van der Waals surface area contributed by atoms with Crippen LogP contribution in [0.4, 0.5) is 4.39 Å². The zero-order chi connectivity index (χ0) is 19.4. The van der Waals surface area contributed by atoms with Crippen molar-refractivity contribution in [2.24, 2.45) is 0 Å². The van der Waals surface area contributed by atoms with Gasteiger partial charge in [-0.2, -0.15) is 0 Å². The number of thioether (sulfide) groups is 1. The Kier molecular flexibility index (Phi) is 6.28. The highest BCUT2D eigenvalue weighted by Crippen LogP contribution is 2.31. The minimum atomic E-state index is -0.323. The lowest BCUT2D eigenvalue weighted by Crippen LogP contribution is -2.35. The van der Waals surface area contributed by atoms with Crippen LogP contribution < -0.4 is 10.9 Å². The Morgan fingerprint density at radius 3 is 2.67 bits per heavy atom. The first-order valence-corrected chi connectivity index (χ1v) is 10.6. The summed E-state index contributed by atoms with van der Waals surface area (Å²) in [4.78, 5) is 32.4. The first-order valence-electron chi connectivity index (χ1n) is 8.71. The van der Waals surface area contributed by atoms with Crippen molar-refractivity contribution in [2.75, 3.05) is 5.75 Å². The Labute approximate surface area is 164 Å². The number of aromatic amines is 1. The number of hydrogen-bond acceptors (Lipinski definition) is 5. The maximum atomic E-state index is 13.1. The Hall–Kier alpha value is -2.19. The smallest absolute Gasteiger partial charge is 0.260 e. The van der Waals surface area contributed by atoms with E-state index in [9.17, 15) is 14.0 Å². The summed E-state index contributed by atoms with van der Waals surface area (Å²) in [5.74, 6) is -0.202. The van der Waals surface area contributed by atoms with E-state index in [1.807, 2.05) is 19.2 Å². The summed E-state index contributed by atoms with van der Waals surface area (Å²) < 4.78 is 13.1. The lowest BCUT2D eigenvalue weighted by molar-refractivity contribution is -0.119. The molecule has 142 valence electrons. The third-order valence-corrected chi connectivity index (χ3v) is 6.01. The quantitative estimate of drug-likeness (QED) is 0.457. The highest BCUT2D eigenvalue weighted by atomic mass is 32.2. The summed E-state index contributed by atoms with van der Waals surface area (Å²) >= 11 is 2.56. The molecule has 0 fully saturated rings. The molecule has 0 saturated heterocycles. The topological polar surface area (TPSA) is 74.8 Å². The molecule has 8 heteroatoms. The van der Waals surface area contributed by atoms with Gasteiger partial charge in [0.1, 0.15) is 10.6 Å². The molecule has 0 spiro atoms. The molecule has 0 aliphatic heterocycles. The molecule has 3 aromatic rings. The zero-order valence-electron chi connectivity index (χ0n) is 15.0. The Bertz CT molecular complexity index is 994. The van der Waals surface area contributed by atoms with Gasteiger partial charge in [-0.3, -0.25) is 9.59 Å². The molecule has 0 aliphatic carbocycles. The minimum Gasteiger partial charge on any atom is -0.353 e. The van der Waals surface area contributed by atoms with Crippen LogP contribution in [0.1, 0.15) is 26.7 Å². The van der Waals surface area contributed by atoms with Gasteiger partial charge in [-0.05, 0) is 30.5 Å². The number of nitrogens with one attached hydrogen (secondary N) is 2. The molecular weight excluding hydrogens is 385 g/mol. The molecule has 27 heavy (non-hydrogen) atoms. The fourth-order valence-electron chi connectivity index (χ4n) is 2.74. The predicted molar refractivity (Wildman–Crippen MR) is 109 cm³/mol. The van der Waals surface area contributed by atoms with Gasteiger partial charge in [0.2, 0.25) is 5.91 Å². The minimum absolute atomic E-state index is 0.0744. The lowest BCUT2D eigenvalue weighted by atomic mass is 10.1. The Morgan fingerprint density at radius 1 is 1.30 bits per heavy atom. The van der Waals surface area contributed by atoms with Gasteiger partial charge in [0.25, 0.3) is 5.56 Å². The molecule has 2 heterocycles. The van der Waals surface area contributed by atoms with Gasteiger partial charge >= 0.3 is 0 Å². The number of halogens is 1. The molecule has 0 atom stereocenters. The molecule has 0 saturated carbocycles. The summed E-state index contributed by atoms with van der Waals surface area (Å²) in [5.41, 5.74) is 1.23. The Morgan fingerprint density at radius 2 is 2.00 bits per heavy atom. The van der Waals surface area contributed by atoms with Crippen molar-refractivity contribution in [1.29, 1.82) is 0 Å². The van der Waals surface area contributed by atoms with Crippen molar-refractivity contribution in [3.63, 3.8) is 0 Å². The van der Waals surface area contributed by atoms with E-state index in [0.717, 1.165) is 24.0 Å². The SMILES string of the molecule is CCC(CC)NC(=O)CSc1nc2scc(-c3ccc(F)cc3)c2c(=O)[nH]1. The van der Waals surface area contributed by atoms with Crippen LogP contribution in [-0.4, -0.2) is 27.7 Å². The van der Waals surface area contributed by atoms with Crippen molar-refractivity contribution < 1.29 is 9.18 Å². The molecular formula is C19H20FN3O2S2. The first-order chi connectivity index (χ1) is 13.0. The van der Waals surface area contributed by atoms with Gasteiger partial charge in [0.15, 0.2) is 5.16 Å². The summed E-state index contributed by atoms with van der Waals surface area (Å²) in [6.07, 6.45) is 1.77. The second-order valence-electron chi connectivity index (χ2n) is 6.08. The number of amides is 1. The number of H-pyrrole nitrogens is 1. The fraction of sp³-hybridized carbons (Fsp3) is 0.316. The van der Waals surface area contributed by atoms with Gasteiger partial charge in [0, 0.05) is 17.0 Å². The number of thiophene rings is 1. The van der Waals surface area contributed by atoms with Crippen LogP contribution >= 0.6 is 23.1 Å². The van der Waals surface area contributed by atoms with Crippen LogP contribution in [0, 0.1) is 5.82 Å². The van der Waals surface area contributed by atoms with E-state index in [-0.39, 0.29) is 29.1 Å². The van der Waals surface area contributed by atoms with E-state index in [4.69, 9.17) is 0 Å². The molecule has 2 aromatic heterocycles. The second kappa shape index (κ2) is 8.67. The van der Waals surface area contributed by atoms with Crippen molar-refractivity contribution in [2.45, 2.75) is 37.9 Å². The largest absolute Gasteiger partial charge is 0.353 e. The van der Waals surface area contributed by atoms with E-state index in [1.54, 1.807) is 12.1 Å². The number of benzene rings is 1. The summed E-state index contributed by atoms with van der Waals surface area (Å²) in [5, 5.41) is 5.70. The van der Waals surface area contributed by atoms with Gasteiger partial charge in [-0.15, -0.1) is 11.3 Å². The van der Waals surface area contributed by atoms with Gasteiger partial charge in [-0.1, -0.05) is 37.7 Å². The number of rotatable bonds is 7. The Balaban J connectivity index is 1.79. The summed E-state index contributed by atoms with van der Waals surface area (Å²) in [6, 6.07) is 6.18. The molecule has 3 rings (SSSR count). The molecule has 0 radical (unpaired) electrons. The second-order valence-corrected chi connectivity index (χ2v) is 7.90. The number of hydrogen-bond donors (Lipinski definition) is 2. The van der Waals surface area contributed by atoms with Crippen LogP contribution in [0.15, 0.2) is 39.6 Å².